The average Bonchev–Trinajstić information content (AvgIpc) is 3.29. The molecule has 3 aliphatic heterocycles. The van der Waals surface area contributed by atoms with E-state index < -0.39 is 0 Å². The minimum atomic E-state index is -0.375. The zero-order valence-corrected chi connectivity index (χ0v) is 13.8. The predicted octanol–water partition coefficient (Wildman–Crippen LogP) is 2.22. The molecular weight excluding hydrogens is 314 g/mol. The fourth-order valence-corrected chi connectivity index (χ4v) is 4.60. The van der Waals surface area contributed by atoms with Gasteiger partial charge in [-0.1, -0.05) is 48.5 Å². The lowest BCUT2D eigenvalue weighted by molar-refractivity contribution is -0.126. The van der Waals surface area contributed by atoms with Crippen molar-refractivity contribution >= 4 is 17.5 Å². The molecule has 126 valence electrons. The van der Waals surface area contributed by atoms with Crippen LogP contribution < -0.4 is 4.90 Å². The lowest BCUT2D eigenvalue weighted by Gasteiger charge is -2.29. The van der Waals surface area contributed by atoms with Gasteiger partial charge in [0, 0.05) is 13.1 Å². The number of carbonyl (C=O) groups is 2. The number of hydrogen-bond acceptors (Lipinski definition) is 4. The zero-order chi connectivity index (χ0) is 17.0. The van der Waals surface area contributed by atoms with E-state index in [0.717, 1.165) is 25.1 Å². The number of rotatable bonds is 2. The number of hydrogen-bond donors (Lipinski definition) is 0. The molecule has 0 N–H and O–H groups in total. The molecule has 3 heterocycles. The maximum atomic E-state index is 13.3. The summed E-state index contributed by atoms with van der Waals surface area (Å²) in [5, 5.41) is 4.37. The van der Waals surface area contributed by atoms with Crippen molar-refractivity contribution in [3.05, 3.63) is 66.2 Å². The first-order chi connectivity index (χ1) is 12.3. The first kappa shape index (κ1) is 14.8. The molecule has 25 heavy (non-hydrogen) atoms. The Labute approximate surface area is 146 Å². The van der Waals surface area contributed by atoms with Crippen molar-refractivity contribution in [3.8, 4) is 0 Å². The highest BCUT2D eigenvalue weighted by molar-refractivity contribution is 6.24. The van der Waals surface area contributed by atoms with Crippen molar-refractivity contribution in [3.63, 3.8) is 0 Å². The van der Waals surface area contributed by atoms with Gasteiger partial charge >= 0.3 is 0 Å². The number of carbonyl (C=O) groups excluding carboxylic acids is 2. The molecule has 0 aliphatic carbocycles. The van der Waals surface area contributed by atoms with E-state index in [1.807, 2.05) is 48.5 Å². The first-order valence-corrected chi connectivity index (χ1v) is 8.78. The van der Waals surface area contributed by atoms with Crippen LogP contribution in [0.3, 0.4) is 0 Å². The number of para-hydroxylation sites is 1. The Hall–Kier alpha value is -2.50. The minimum absolute atomic E-state index is 0.0566. The van der Waals surface area contributed by atoms with E-state index in [0.29, 0.717) is 5.69 Å². The SMILES string of the molecule is O=C1[C@H]2[C@@H](c3ccccc3)N3CCCN3[C@H]2C(=O)N1c1ccccc1. The Morgan fingerprint density at radius 2 is 1.32 bits per heavy atom. The Morgan fingerprint density at radius 3 is 2.00 bits per heavy atom. The van der Waals surface area contributed by atoms with Crippen molar-refractivity contribution in [1.29, 1.82) is 0 Å². The molecule has 0 aromatic heterocycles. The van der Waals surface area contributed by atoms with Crippen molar-refractivity contribution in [2.45, 2.75) is 18.5 Å². The van der Waals surface area contributed by atoms with Gasteiger partial charge < -0.3 is 0 Å². The molecule has 5 heteroatoms. The summed E-state index contributed by atoms with van der Waals surface area (Å²) in [5.74, 6) is -0.508. The molecule has 3 atom stereocenters. The maximum Gasteiger partial charge on any atom is 0.253 e. The van der Waals surface area contributed by atoms with Gasteiger partial charge in [-0.3, -0.25) is 9.59 Å². The Bertz CT molecular complexity index is 823. The average molecular weight is 333 g/mol. The topological polar surface area (TPSA) is 43.9 Å². The molecule has 0 unspecified atom stereocenters. The van der Waals surface area contributed by atoms with E-state index in [4.69, 9.17) is 0 Å². The van der Waals surface area contributed by atoms with Crippen molar-refractivity contribution in [1.82, 2.24) is 10.0 Å². The normalized spacial score (nSPS) is 29.3. The molecule has 2 aromatic rings. The van der Waals surface area contributed by atoms with Crippen LogP contribution in [-0.2, 0) is 9.59 Å². The second-order valence-corrected chi connectivity index (χ2v) is 6.85. The molecule has 0 radical (unpaired) electrons. The van der Waals surface area contributed by atoms with Crippen LogP contribution in [0.4, 0.5) is 5.69 Å². The molecule has 2 aromatic carbocycles. The lowest BCUT2D eigenvalue weighted by Crippen LogP contribution is -2.44. The van der Waals surface area contributed by atoms with Gasteiger partial charge in [-0.2, -0.15) is 0 Å². The fourth-order valence-electron chi connectivity index (χ4n) is 4.60. The highest BCUT2D eigenvalue weighted by atomic mass is 16.2. The van der Waals surface area contributed by atoms with E-state index in [2.05, 4.69) is 22.2 Å². The summed E-state index contributed by atoms with van der Waals surface area (Å²) in [6, 6.07) is 18.9. The summed E-state index contributed by atoms with van der Waals surface area (Å²) < 4.78 is 0. The van der Waals surface area contributed by atoms with Gasteiger partial charge in [0.15, 0.2) is 0 Å². The van der Waals surface area contributed by atoms with Gasteiger partial charge in [0.1, 0.15) is 6.04 Å². The number of nitrogens with zero attached hydrogens (tertiary/aromatic N) is 3. The Morgan fingerprint density at radius 1 is 0.720 bits per heavy atom. The summed E-state index contributed by atoms with van der Waals surface area (Å²) in [7, 11) is 0. The van der Waals surface area contributed by atoms with Crippen molar-refractivity contribution in [2.75, 3.05) is 18.0 Å². The van der Waals surface area contributed by atoms with Crippen LogP contribution in [0.25, 0.3) is 0 Å². The van der Waals surface area contributed by atoms with E-state index in [1.165, 1.54) is 4.90 Å². The summed E-state index contributed by atoms with van der Waals surface area (Å²) >= 11 is 0. The number of anilines is 1. The second kappa shape index (κ2) is 5.51. The van der Waals surface area contributed by atoms with Crippen LogP contribution in [0.1, 0.15) is 18.0 Å². The summed E-state index contributed by atoms with van der Waals surface area (Å²) in [6.45, 7) is 1.74. The van der Waals surface area contributed by atoms with E-state index in [-0.39, 0.29) is 29.8 Å². The molecule has 3 fully saturated rings. The number of hydrazine groups is 1. The van der Waals surface area contributed by atoms with Gasteiger partial charge in [-0.05, 0) is 24.1 Å². The molecule has 0 bridgehead atoms. The van der Waals surface area contributed by atoms with E-state index in [1.54, 1.807) is 0 Å². The lowest BCUT2D eigenvalue weighted by atomic mass is 9.90. The van der Waals surface area contributed by atoms with E-state index in [9.17, 15) is 9.59 Å². The quantitative estimate of drug-likeness (QED) is 0.791. The molecule has 5 rings (SSSR count). The molecule has 2 amide bonds. The van der Waals surface area contributed by atoms with Crippen molar-refractivity contribution in [2.24, 2.45) is 5.92 Å². The zero-order valence-electron chi connectivity index (χ0n) is 13.8. The van der Waals surface area contributed by atoms with Crippen LogP contribution in [-0.4, -0.2) is 41.0 Å². The predicted molar refractivity (Wildman–Crippen MR) is 93.4 cm³/mol. The van der Waals surface area contributed by atoms with Gasteiger partial charge in [-0.15, -0.1) is 0 Å². The van der Waals surface area contributed by atoms with Crippen LogP contribution in [0, 0.1) is 5.92 Å². The maximum absolute atomic E-state index is 13.3. The highest BCUT2D eigenvalue weighted by Gasteiger charge is 2.62. The highest BCUT2D eigenvalue weighted by Crippen LogP contribution is 2.48. The van der Waals surface area contributed by atoms with Crippen LogP contribution in [0.15, 0.2) is 60.7 Å². The summed E-state index contributed by atoms with van der Waals surface area (Å²) in [6.07, 6.45) is 1.03. The van der Waals surface area contributed by atoms with Crippen LogP contribution in [0.5, 0.6) is 0 Å². The smallest absolute Gasteiger partial charge is 0.253 e. The molecule has 0 saturated carbocycles. The van der Waals surface area contributed by atoms with Gasteiger partial charge in [0.05, 0.1) is 17.6 Å². The number of imide groups is 1. The Kier molecular flexibility index (Phi) is 3.26. The van der Waals surface area contributed by atoms with Crippen LogP contribution in [0.2, 0.25) is 0 Å². The molecule has 3 aliphatic rings. The third-order valence-electron chi connectivity index (χ3n) is 5.56. The van der Waals surface area contributed by atoms with Crippen LogP contribution >= 0.6 is 0 Å². The Balaban J connectivity index is 1.60. The second-order valence-electron chi connectivity index (χ2n) is 6.85. The summed E-state index contributed by atoms with van der Waals surface area (Å²) in [5.41, 5.74) is 1.78. The largest absolute Gasteiger partial charge is 0.274 e. The third kappa shape index (κ3) is 2.03. The third-order valence-corrected chi connectivity index (χ3v) is 5.56. The van der Waals surface area contributed by atoms with E-state index >= 15 is 0 Å². The molecule has 5 nitrogen and oxygen atoms in total. The summed E-state index contributed by atoms with van der Waals surface area (Å²) in [4.78, 5) is 27.8. The molecule has 0 spiro atoms. The number of benzene rings is 2. The standard InChI is InChI=1S/C20H19N3O2/c24-19-16-17(14-8-3-1-4-9-14)21-12-7-13-22(21)18(16)20(25)23(19)15-10-5-2-6-11-15/h1-6,8-11,16-18H,7,12-13H2/t16-,17+,18+/m0/s1. The minimum Gasteiger partial charge on any atom is -0.274 e. The fraction of sp³-hybridized carbons (Fsp3) is 0.300. The monoisotopic (exact) mass is 333 g/mol. The molecular formula is C20H19N3O2. The first-order valence-electron chi connectivity index (χ1n) is 8.78. The van der Waals surface area contributed by atoms with Crippen molar-refractivity contribution < 1.29 is 9.59 Å². The van der Waals surface area contributed by atoms with Gasteiger partial charge in [0.25, 0.3) is 5.91 Å². The molecule has 3 saturated heterocycles. The number of fused-ring (bicyclic) bond motifs is 3. The number of amides is 2. The van der Waals surface area contributed by atoms with Gasteiger partial charge in [-0.25, -0.2) is 14.9 Å². The van der Waals surface area contributed by atoms with Gasteiger partial charge in [0.2, 0.25) is 5.91 Å².